The summed E-state index contributed by atoms with van der Waals surface area (Å²) in [5, 5.41) is 7.39. The summed E-state index contributed by atoms with van der Waals surface area (Å²) in [6.45, 7) is 3.97. The molecule has 2 aromatic carbocycles. The van der Waals surface area contributed by atoms with Crippen molar-refractivity contribution in [2.75, 3.05) is 20.8 Å². The van der Waals surface area contributed by atoms with Crippen LogP contribution >= 0.6 is 0 Å². The topological polar surface area (TPSA) is 100 Å². The van der Waals surface area contributed by atoms with Gasteiger partial charge in [0.1, 0.15) is 6.54 Å². The highest BCUT2D eigenvalue weighted by Crippen LogP contribution is 2.27. The molecule has 0 radical (unpaired) electrons. The Bertz CT molecular complexity index is 1430. The van der Waals surface area contributed by atoms with Crippen LogP contribution in [0.1, 0.15) is 17.0 Å². The Hall–Kier alpha value is -4.40. The van der Waals surface area contributed by atoms with E-state index in [1.54, 1.807) is 18.9 Å². The maximum absolute atomic E-state index is 13.2. The van der Waals surface area contributed by atoms with Gasteiger partial charge < -0.3 is 14.8 Å². The molecule has 9 heteroatoms. The second-order valence-corrected chi connectivity index (χ2v) is 8.36. The predicted molar refractivity (Wildman–Crippen MR) is 137 cm³/mol. The number of carbonyl (C=O) groups excluding carboxylic acids is 1. The number of amides is 1. The summed E-state index contributed by atoms with van der Waals surface area (Å²) in [7, 11) is 3.17. The minimum atomic E-state index is -0.332. The SMILES string of the molecule is COc1ccc(CCNC(=O)Cn2c(-n3nc(C)cc3C)nc(-c3ccccc3)cc2=O)cc1OC. The molecule has 1 amide bonds. The fourth-order valence-electron chi connectivity index (χ4n) is 3.97. The normalized spacial score (nSPS) is 10.8. The van der Waals surface area contributed by atoms with Gasteiger partial charge in [-0.25, -0.2) is 9.67 Å². The van der Waals surface area contributed by atoms with E-state index in [1.165, 1.54) is 10.6 Å². The zero-order valence-electron chi connectivity index (χ0n) is 20.8. The van der Waals surface area contributed by atoms with Crippen LogP contribution in [0, 0.1) is 13.8 Å². The van der Waals surface area contributed by atoms with E-state index in [2.05, 4.69) is 10.4 Å². The highest BCUT2D eigenvalue weighted by molar-refractivity contribution is 5.76. The van der Waals surface area contributed by atoms with Gasteiger partial charge in [-0.3, -0.25) is 14.2 Å². The number of hydrogen-bond acceptors (Lipinski definition) is 6. The zero-order valence-corrected chi connectivity index (χ0v) is 20.8. The Kier molecular flexibility index (Phi) is 7.48. The molecule has 4 aromatic rings. The number of ether oxygens (including phenoxy) is 2. The number of methoxy groups -OCH3 is 2. The number of aryl methyl sites for hydroxylation is 2. The highest BCUT2D eigenvalue weighted by Gasteiger charge is 2.17. The highest BCUT2D eigenvalue weighted by atomic mass is 16.5. The van der Waals surface area contributed by atoms with Gasteiger partial charge in [-0.1, -0.05) is 36.4 Å². The number of aromatic nitrogens is 4. The van der Waals surface area contributed by atoms with Gasteiger partial charge >= 0.3 is 0 Å². The van der Waals surface area contributed by atoms with Gasteiger partial charge in [0, 0.05) is 23.9 Å². The quantitative estimate of drug-likeness (QED) is 0.390. The van der Waals surface area contributed by atoms with E-state index in [1.807, 2.05) is 68.4 Å². The second kappa shape index (κ2) is 10.9. The van der Waals surface area contributed by atoms with E-state index in [9.17, 15) is 9.59 Å². The van der Waals surface area contributed by atoms with E-state index in [4.69, 9.17) is 14.5 Å². The maximum atomic E-state index is 13.2. The lowest BCUT2D eigenvalue weighted by Crippen LogP contribution is -2.35. The van der Waals surface area contributed by atoms with Crippen LogP contribution in [0.4, 0.5) is 0 Å². The molecule has 1 N–H and O–H groups in total. The van der Waals surface area contributed by atoms with Gasteiger partial charge in [0.15, 0.2) is 11.5 Å². The second-order valence-electron chi connectivity index (χ2n) is 8.36. The van der Waals surface area contributed by atoms with Gasteiger partial charge in [-0.2, -0.15) is 5.10 Å². The van der Waals surface area contributed by atoms with Crippen LogP contribution in [0.2, 0.25) is 0 Å². The number of benzene rings is 2. The predicted octanol–water partition coefficient (Wildman–Crippen LogP) is 3.09. The summed E-state index contributed by atoms with van der Waals surface area (Å²) in [5.74, 6) is 1.27. The Labute approximate surface area is 209 Å². The van der Waals surface area contributed by atoms with Crippen LogP contribution < -0.4 is 20.3 Å². The largest absolute Gasteiger partial charge is 0.493 e. The lowest BCUT2D eigenvalue weighted by atomic mass is 10.1. The number of carbonyl (C=O) groups is 1. The van der Waals surface area contributed by atoms with Crippen molar-refractivity contribution < 1.29 is 14.3 Å². The van der Waals surface area contributed by atoms with Crippen molar-refractivity contribution in [2.45, 2.75) is 26.8 Å². The zero-order chi connectivity index (χ0) is 25.7. The van der Waals surface area contributed by atoms with Crippen molar-refractivity contribution in [3.63, 3.8) is 0 Å². The third kappa shape index (κ3) is 5.46. The first-order valence-corrected chi connectivity index (χ1v) is 11.6. The first-order valence-electron chi connectivity index (χ1n) is 11.6. The lowest BCUT2D eigenvalue weighted by molar-refractivity contribution is -0.121. The number of nitrogens with zero attached hydrogens (tertiary/aromatic N) is 4. The van der Waals surface area contributed by atoms with Crippen LogP contribution in [0.25, 0.3) is 17.2 Å². The average Bonchev–Trinajstić information content (AvgIpc) is 3.22. The maximum Gasteiger partial charge on any atom is 0.256 e. The molecule has 0 saturated carbocycles. The van der Waals surface area contributed by atoms with E-state index < -0.39 is 0 Å². The molecule has 4 rings (SSSR count). The van der Waals surface area contributed by atoms with Gasteiger partial charge in [0.2, 0.25) is 11.9 Å². The smallest absolute Gasteiger partial charge is 0.256 e. The van der Waals surface area contributed by atoms with Crippen LogP contribution in [0.5, 0.6) is 11.5 Å². The van der Waals surface area contributed by atoms with Crippen molar-refractivity contribution in [3.8, 4) is 28.7 Å². The molecule has 0 bridgehead atoms. The number of nitrogens with one attached hydrogen (secondary N) is 1. The Morgan fingerprint density at radius 2 is 1.72 bits per heavy atom. The summed E-state index contributed by atoms with van der Waals surface area (Å²) in [5.41, 5.74) is 3.59. The van der Waals surface area contributed by atoms with Crippen molar-refractivity contribution in [1.29, 1.82) is 0 Å². The van der Waals surface area contributed by atoms with E-state index in [-0.39, 0.29) is 18.0 Å². The molecule has 9 nitrogen and oxygen atoms in total. The first kappa shape index (κ1) is 24.7. The first-order chi connectivity index (χ1) is 17.4. The van der Waals surface area contributed by atoms with Crippen LogP contribution in [-0.2, 0) is 17.8 Å². The van der Waals surface area contributed by atoms with Crippen LogP contribution in [-0.4, -0.2) is 46.0 Å². The van der Waals surface area contributed by atoms with Gasteiger partial charge in [0.05, 0.1) is 25.6 Å². The summed E-state index contributed by atoms with van der Waals surface area (Å²) in [4.78, 5) is 30.7. The molecular weight excluding hydrogens is 458 g/mol. The van der Waals surface area contributed by atoms with Crippen molar-refractivity contribution in [3.05, 3.63) is 88.0 Å². The van der Waals surface area contributed by atoms with Crippen molar-refractivity contribution in [2.24, 2.45) is 0 Å². The minimum Gasteiger partial charge on any atom is -0.493 e. The third-order valence-corrected chi connectivity index (χ3v) is 5.74. The fraction of sp³-hybridized carbons (Fsp3) is 0.259. The third-order valence-electron chi connectivity index (χ3n) is 5.74. The molecule has 0 aliphatic rings. The minimum absolute atomic E-state index is 0.180. The summed E-state index contributed by atoms with van der Waals surface area (Å²) >= 11 is 0. The van der Waals surface area contributed by atoms with Gasteiger partial charge in [-0.15, -0.1) is 0 Å². The Balaban J connectivity index is 1.55. The molecule has 186 valence electrons. The molecule has 0 aliphatic heterocycles. The molecule has 36 heavy (non-hydrogen) atoms. The van der Waals surface area contributed by atoms with Crippen LogP contribution in [0.3, 0.4) is 0 Å². The Morgan fingerprint density at radius 3 is 2.39 bits per heavy atom. The van der Waals surface area contributed by atoms with Gasteiger partial charge in [-0.05, 0) is 44.0 Å². The molecule has 0 aliphatic carbocycles. The number of rotatable bonds is 9. The summed E-state index contributed by atoms with van der Waals surface area (Å²) in [6.07, 6.45) is 0.594. The molecule has 0 unspecified atom stereocenters. The van der Waals surface area contributed by atoms with Crippen molar-refractivity contribution in [1.82, 2.24) is 24.6 Å². The molecule has 0 spiro atoms. The van der Waals surface area contributed by atoms with Crippen LogP contribution in [0.15, 0.2) is 65.5 Å². The summed E-state index contributed by atoms with van der Waals surface area (Å²) < 4.78 is 13.5. The average molecular weight is 488 g/mol. The molecule has 2 heterocycles. The standard InChI is InChI=1S/C27H29N5O4/c1-18-14-19(2)32(30-18)27-29-22(21-8-6-5-7-9-21)16-26(34)31(27)17-25(33)28-13-12-20-10-11-23(35-3)24(15-20)36-4/h5-11,14-16H,12-13,17H2,1-4H3,(H,28,33). The molecule has 0 saturated heterocycles. The molecule has 0 atom stereocenters. The molecule has 2 aromatic heterocycles. The molecule has 0 fully saturated rings. The molecular formula is C27H29N5O4. The summed E-state index contributed by atoms with van der Waals surface area (Å²) in [6, 6.07) is 18.4. The van der Waals surface area contributed by atoms with E-state index in [0.29, 0.717) is 36.1 Å². The lowest BCUT2D eigenvalue weighted by Gasteiger charge is -2.15. The fourth-order valence-corrected chi connectivity index (χ4v) is 3.97. The van der Waals surface area contributed by atoms with Gasteiger partial charge in [0.25, 0.3) is 5.56 Å². The Morgan fingerprint density at radius 1 is 0.972 bits per heavy atom. The monoisotopic (exact) mass is 487 g/mol. The number of hydrogen-bond donors (Lipinski definition) is 1. The van der Waals surface area contributed by atoms with Crippen molar-refractivity contribution >= 4 is 5.91 Å². The van der Waals surface area contributed by atoms with E-state index >= 15 is 0 Å². The van der Waals surface area contributed by atoms with E-state index in [0.717, 1.165) is 22.5 Å².